The summed E-state index contributed by atoms with van der Waals surface area (Å²) in [6.45, 7) is 3.13. The van der Waals surface area contributed by atoms with Crippen molar-refractivity contribution in [3.8, 4) is 11.5 Å². The predicted octanol–water partition coefficient (Wildman–Crippen LogP) is 3.48. The van der Waals surface area contributed by atoms with Crippen molar-refractivity contribution >= 4 is 11.6 Å². The third-order valence-electron chi connectivity index (χ3n) is 4.84. The van der Waals surface area contributed by atoms with Gasteiger partial charge in [0.15, 0.2) is 17.5 Å². The van der Waals surface area contributed by atoms with E-state index in [-0.39, 0.29) is 5.82 Å². The van der Waals surface area contributed by atoms with E-state index in [0.29, 0.717) is 50.0 Å². The van der Waals surface area contributed by atoms with Crippen LogP contribution in [0.25, 0.3) is 0 Å². The number of ether oxygens (including phenoxy) is 2. The van der Waals surface area contributed by atoms with Crippen LogP contribution in [0, 0.1) is 5.82 Å². The number of hydrogen-bond acceptors (Lipinski definition) is 4. The molecule has 0 radical (unpaired) electrons. The Balaban J connectivity index is 1.43. The van der Waals surface area contributed by atoms with Crippen LogP contribution >= 0.6 is 0 Å². The van der Waals surface area contributed by atoms with Gasteiger partial charge in [0, 0.05) is 50.2 Å². The van der Waals surface area contributed by atoms with E-state index >= 15 is 0 Å². The summed E-state index contributed by atoms with van der Waals surface area (Å²) < 4.78 is 27.4. The van der Waals surface area contributed by atoms with Gasteiger partial charge >= 0.3 is 0 Å². The fourth-order valence-corrected chi connectivity index (χ4v) is 3.23. The van der Waals surface area contributed by atoms with Crippen LogP contribution in [-0.4, -0.2) is 41.8 Å². The first-order chi connectivity index (χ1) is 15.3. The van der Waals surface area contributed by atoms with Gasteiger partial charge in [-0.2, -0.15) is 0 Å². The van der Waals surface area contributed by atoms with E-state index in [4.69, 9.17) is 9.47 Å². The summed E-state index contributed by atoms with van der Waals surface area (Å²) in [6, 6.07) is 12.5. The van der Waals surface area contributed by atoms with Gasteiger partial charge in [-0.05, 0) is 30.2 Å². The molecule has 1 aromatic heterocycles. The molecular weight excluding hydrogens is 397 g/mol. The summed E-state index contributed by atoms with van der Waals surface area (Å²) in [5, 5.41) is 6.64. The number of aromatic nitrogens is 2. The van der Waals surface area contributed by atoms with E-state index in [2.05, 4.69) is 20.6 Å². The molecule has 4 rings (SSSR count). The second kappa shape index (κ2) is 10.5. The van der Waals surface area contributed by atoms with Crippen LogP contribution in [0.4, 0.5) is 10.1 Å². The van der Waals surface area contributed by atoms with Crippen LogP contribution in [0.1, 0.15) is 12.0 Å². The van der Waals surface area contributed by atoms with Crippen molar-refractivity contribution in [3.63, 3.8) is 0 Å². The van der Waals surface area contributed by atoms with Gasteiger partial charge in [-0.25, -0.2) is 9.37 Å². The Morgan fingerprint density at radius 2 is 2.00 bits per heavy atom. The molecule has 8 heteroatoms. The Morgan fingerprint density at radius 1 is 1.13 bits per heavy atom. The van der Waals surface area contributed by atoms with Gasteiger partial charge in [-0.3, -0.25) is 4.99 Å². The number of halogens is 1. The van der Waals surface area contributed by atoms with E-state index in [9.17, 15) is 4.39 Å². The highest BCUT2D eigenvalue weighted by molar-refractivity contribution is 5.94. The lowest BCUT2D eigenvalue weighted by atomic mass is 10.1. The van der Waals surface area contributed by atoms with Gasteiger partial charge in [-0.15, -0.1) is 0 Å². The lowest BCUT2D eigenvalue weighted by Gasteiger charge is -2.15. The number of imidazole rings is 1. The van der Waals surface area contributed by atoms with Crippen LogP contribution in [0.5, 0.6) is 11.5 Å². The van der Waals surface area contributed by atoms with Crippen molar-refractivity contribution in [1.82, 2.24) is 14.9 Å². The molecule has 0 bridgehead atoms. The summed E-state index contributed by atoms with van der Waals surface area (Å²) in [6.07, 6.45) is 6.80. The average Bonchev–Trinajstić information content (AvgIpc) is 3.18. The zero-order valence-electron chi connectivity index (χ0n) is 17.3. The number of nitrogens with one attached hydrogen (secondary N) is 2. The minimum atomic E-state index is -0.205. The maximum atomic E-state index is 13.9. The molecule has 1 aliphatic rings. The number of rotatable bonds is 7. The highest BCUT2D eigenvalue weighted by Gasteiger charge is 2.11. The molecule has 1 aliphatic heterocycles. The first kappa shape index (κ1) is 20.7. The molecule has 31 heavy (non-hydrogen) atoms. The molecule has 0 fully saturated rings. The summed E-state index contributed by atoms with van der Waals surface area (Å²) >= 11 is 0. The van der Waals surface area contributed by atoms with E-state index in [1.54, 1.807) is 24.7 Å². The Bertz CT molecular complexity index is 1010. The van der Waals surface area contributed by atoms with Crippen LogP contribution in [0.15, 0.2) is 66.2 Å². The predicted molar refractivity (Wildman–Crippen MR) is 118 cm³/mol. The largest absolute Gasteiger partial charge is 0.490 e. The Hall–Kier alpha value is -3.55. The maximum Gasteiger partial charge on any atom is 0.195 e. The van der Waals surface area contributed by atoms with Crippen LogP contribution < -0.4 is 20.1 Å². The third-order valence-corrected chi connectivity index (χ3v) is 4.84. The first-order valence-corrected chi connectivity index (χ1v) is 10.4. The summed E-state index contributed by atoms with van der Waals surface area (Å²) in [7, 11) is 0. The first-order valence-electron chi connectivity index (χ1n) is 10.4. The van der Waals surface area contributed by atoms with Crippen LogP contribution in [-0.2, 0) is 13.0 Å². The number of fused-ring (bicyclic) bond motifs is 1. The number of guanidine groups is 1. The number of benzene rings is 2. The molecule has 3 aromatic rings. The molecule has 0 saturated heterocycles. The molecule has 0 unspecified atom stereocenters. The SMILES string of the molecule is Fc1ccccc1CCN=C(NCCn1ccnc1)Nc1ccc2c(c1)OCCCO2. The van der Waals surface area contributed by atoms with Crippen LogP contribution in [0.3, 0.4) is 0 Å². The molecule has 2 N–H and O–H groups in total. The highest BCUT2D eigenvalue weighted by Crippen LogP contribution is 2.32. The van der Waals surface area contributed by atoms with E-state index < -0.39 is 0 Å². The molecule has 2 aromatic carbocycles. The third kappa shape index (κ3) is 5.97. The normalized spacial score (nSPS) is 13.5. The molecular formula is C23H26FN5O2. The quantitative estimate of drug-likeness (QED) is 0.450. The molecule has 7 nitrogen and oxygen atoms in total. The fourth-order valence-electron chi connectivity index (χ4n) is 3.23. The molecule has 0 saturated carbocycles. The van der Waals surface area contributed by atoms with Gasteiger partial charge in [0.05, 0.1) is 19.5 Å². The van der Waals surface area contributed by atoms with Crippen molar-refractivity contribution in [3.05, 3.63) is 72.6 Å². The van der Waals surface area contributed by atoms with Gasteiger partial charge in [-0.1, -0.05) is 18.2 Å². The fraction of sp³-hybridized carbons (Fsp3) is 0.304. The molecule has 2 heterocycles. The molecule has 0 spiro atoms. The summed E-state index contributed by atoms with van der Waals surface area (Å²) in [5.41, 5.74) is 1.49. The molecule has 162 valence electrons. The van der Waals surface area contributed by atoms with Crippen molar-refractivity contribution in [1.29, 1.82) is 0 Å². The van der Waals surface area contributed by atoms with Crippen molar-refractivity contribution in [2.24, 2.45) is 4.99 Å². The lowest BCUT2D eigenvalue weighted by Crippen LogP contribution is -2.33. The van der Waals surface area contributed by atoms with Crippen molar-refractivity contribution in [2.45, 2.75) is 19.4 Å². The Labute approximate surface area is 180 Å². The molecule has 0 atom stereocenters. The van der Waals surface area contributed by atoms with Crippen molar-refractivity contribution in [2.75, 3.05) is 31.6 Å². The smallest absolute Gasteiger partial charge is 0.195 e. The zero-order chi connectivity index (χ0) is 21.3. The highest BCUT2D eigenvalue weighted by atomic mass is 19.1. The van der Waals surface area contributed by atoms with Gasteiger partial charge < -0.3 is 24.7 Å². The summed E-state index contributed by atoms with van der Waals surface area (Å²) in [5.74, 6) is 1.87. The maximum absolute atomic E-state index is 13.9. The standard InChI is InChI=1S/C23H26FN5O2/c24-20-5-2-1-4-18(20)8-9-26-23(27-11-13-29-12-10-25-17-29)28-19-6-7-21-22(16-19)31-15-3-14-30-21/h1-2,4-7,10,12,16-17H,3,8-9,11,13-15H2,(H2,26,27,28). The van der Waals surface area contributed by atoms with Gasteiger partial charge in [0.1, 0.15) is 5.82 Å². The van der Waals surface area contributed by atoms with Crippen LogP contribution in [0.2, 0.25) is 0 Å². The summed E-state index contributed by atoms with van der Waals surface area (Å²) in [4.78, 5) is 8.69. The van der Waals surface area contributed by atoms with Crippen molar-refractivity contribution < 1.29 is 13.9 Å². The minimum absolute atomic E-state index is 0.205. The Morgan fingerprint density at radius 3 is 2.84 bits per heavy atom. The van der Waals surface area contributed by atoms with E-state index in [1.165, 1.54) is 6.07 Å². The monoisotopic (exact) mass is 423 g/mol. The van der Waals surface area contributed by atoms with E-state index in [0.717, 1.165) is 24.4 Å². The average molecular weight is 423 g/mol. The number of aliphatic imine (C=N–C) groups is 1. The second-order valence-corrected chi connectivity index (χ2v) is 7.14. The number of nitrogens with zero attached hydrogens (tertiary/aromatic N) is 3. The number of anilines is 1. The minimum Gasteiger partial charge on any atom is -0.490 e. The van der Waals surface area contributed by atoms with Gasteiger partial charge in [0.2, 0.25) is 0 Å². The molecule has 0 amide bonds. The second-order valence-electron chi connectivity index (χ2n) is 7.14. The van der Waals surface area contributed by atoms with Gasteiger partial charge in [0.25, 0.3) is 0 Å². The zero-order valence-corrected chi connectivity index (χ0v) is 17.3. The Kier molecular flexibility index (Phi) is 7.00. The molecule has 0 aliphatic carbocycles. The number of hydrogen-bond donors (Lipinski definition) is 2. The lowest BCUT2D eigenvalue weighted by molar-refractivity contribution is 0.297. The van der Waals surface area contributed by atoms with E-state index in [1.807, 2.05) is 35.0 Å². The topological polar surface area (TPSA) is 72.7 Å².